The lowest BCUT2D eigenvalue weighted by molar-refractivity contribution is -0.0302. The van der Waals surface area contributed by atoms with E-state index in [-0.39, 0.29) is 6.61 Å². The zero-order chi connectivity index (χ0) is 28.2. The number of benzene rings is 3. The third-order valence-electron chi connectivity index (χ3n) is 6.18. The van der Waals surface area contributed by atoms with Crippen LogP contribution in [0.25, 0.3) is 22.0 Å². The molecule has 206 valence electrons. The van der Waals surface area contributed by atoms with Crippen LogP contribution in [-0.4, -0.2) is 51.6 Å². The van der Waals surface area contributed by atoms with E-state index in [1.165, 1.54) is 11.5 Å². The minimum Gasteiger partial charge on any atom is -0.493 e. The van der Waals surface area contributed by atoms with Crippen LogP contribution < -0.4 is 18.9 Å². The lowest BCUT2D eigenvalue weighted by Crippen LogP contribution is -2.36. The SMILES string of the molecule is COc1ccc(C(O)C(C)(C)Oc2ccc(-c3nc(-c4ccc(OC(C)(C)CO)cc4)ns3)cc2)cc1OC. The summed E-state index contributed by atoms with van der Waals surface area (Å²) < 4.78 is 27.2. The van der Waals surface area contributed by atoms with E-state index in [4.69, 9.17) is 23.9 Å². The first kappa shape index (κ1) is 28.4. The van der Waals surface area contributed by atoms with Crippen molar-refractivity contribution in [3.8, 4) is 45.0 Å². The van der Waals surface area contributed by atoms with Crippen LogP contribution in [0, 0.1) is 0 Å². The number of aliphatic hydroxyl groups is 2. The molecule has 0 spiro atoms. The van der Waals surface area contributed by atoms with Crippen molar-refractivity contribution < 1.29 is 29.2 Å². The van der Waals surface area contributed by atoms with E-state index in [1.54, 1.807) is 32.4 Å². The van der Waals surface area contributed by atoms with Gasteiger partial charge in [0.1, 0.15) is 33.8 Å². The molecule has 0 amide bonds. The zero-order valence-electron chi connectivity index (χ0n) is 23.0. The molecular formula is C30H34N2O6S. The Labute approximate surface area is 233 Å². The maximum absolute atomic E-state index is 11.1. The highest BCUT2D eigenvalue weighted by atomic mass is 32.1. The summed E-state index contributed by atoms with van der Waals surface area (Å²) in [6, 6.07) is 20.4. The summed E-state index contributed by atoms with van der Waals surface area (Å²) in [7, 11) is 3.13. The van der Waals surface area contributed by atoms with Crippen LogP contribution in [0.15, 0.2) is 66.7 Å². The van der Waals surface area contributed by atoms with E-state index in [0.29, 0.717) is 34.4 Å². The fourth-order valence-corrected chi connectivity index (χ4v) is 4.62. The summed E-state index contributed by atoms with van der Waals surface area (Å²) in [6.45, 7) is 7.24. The maximum atomic E-state index is 11.1. The fraction of sp³-hybridized carbons (Fsp3) is 0.333. The number of nitrogens with zero attached hydrogens (tertiary/aromatic N) is 2. The van der Waals surface area contributed by atoms with E-state index in [1.807, 2.05) is 76.2 Å². The van der Waals surface area contributed by atoms with Gasteiger partial charge in [0.05, 0.1) is 20.8 Å². The Morgan fingerprint density at radius 1 is 0.795 bits per heavy atom. The standard InChI is InChI=1S/C30H34N2O6S/c1-29(2,18-33)37-22-12-7-19(8-13-22)27-31-28(39-32-27)20-9-14-23(15-10-20)38-30(3,4)26(34)21-11-16-24(35-5)25(17-21)36-6/h7-17,26,33-34H,18H2,1-6H3. The molecule has 0 saturated carbocycles. The topological polar surface area (TPSA) is 103 Å². The summed E-state index contributed by atoms with van der Waals surface area (Å²) >= 11 is 1.31. The molecule has 0 radical (unpaired) electrons. The van der Waals surface area contributed by atoms with Gasteiger partial charge < -0.3 is 29.2 Å². The summed E-state index contributed by atoms with van der Waals surface area (Å²) in [4.78, 5) is 4.70. The van der Waals surface area contributed by atoms with Crippen LogP contribution in [0.2, 0.25) is 0 Å². The number of methoxy groups -OCH3 is 2. The average molecular weight is 551 g/mol. The molecule has 0 aliphatic carbocycles. The zero-order valence-corrected chi connectivity index (χ0v) is 23.8. The van der Waals surface area contributed by atoms with Gasteiger partial charge in [-0.1, -0.05) is 6.07 Å². The predicted molar refractivity (Wildman–Crippen MR) is 152 cm³/mol. The predicted octanol–water partition coefficient (Wildman–Crippen LogP) is 5.93. The third-order valence-corrected chi connectivity index (χ3v) is 6.94. The van der Waals surface area contributed by atoms with Crippen molar-refractivity contribution in [2.45, 2.75) is 45.0 Å². The molecule has 4 rings (SSSR count). The summed E-state index contributed by atoms with van der Waals surface area (Å²) in [5, 5.41) is 21.3. The summed E-state index contributed by atoms with van der Waals surface area (Å²) in [5.41, 5.74) is 0.873. The molecule has 0 bridgehead atoms. The van der Waals surface area contributed by atoms with Crippen LogP contribution in [-0.2, 0) is 0 Å². The average Bonchev–Trinajstić information content (AvgIpc) is 3.43. The number of ether oxygens (including phenoxy) is 4. The van der Waals surface area contributed by atoms with E-state index in [0.717, 1.165) is 16.1 Å². The number of hydrogen-bond donors (Lipinski definition) is 2. The van der Waals surface area contributed by atoms with Gasteiger partial charge in [-0.15, -0.1) is 0 Å². The quantitative estimate of drug-likeness (QED) is 0.237. The first-order valence-electron chi connectivity index (χ1n) is 12.5. The Kier molecular flexibility index (Phi) is 8.44. The van der Waals surface area contributed by atoms with E-state index in [2.05, 4.69) is 4.37 Å². The Morgan fingerprint density at radius 3 is 1.97 bits per heavy atom. The molecule has 2 N–H and O–H groups in total. The highest BCUT2D eigenvalue weighted by Gasteiger charge is 2.32. The molecule has 39 heavy (non-hydrogen) atoms. The molecule has 1 atom stereocenters. The Bertz CT molecular complexity index is 1380. The second kappa shape index (κ2) is 11.6. The van der Waals surface area contributed by atoms with Gasteiger partial charge in [-0.25, -0.2) is 4.98 Å². The smallest absolute Gasteiger partial charge is 0.173 e. The van der Waals surface area contributed by atoms with Crippen molar-refractivity contribution in [2.24, 2.45) is 0 Å². The van der Waals surface area contributed by atoms with Gasteiger partial charge in [0.25, 0.3) is 0 Å². The molecule has 0 aliphatic heterocycles. The van der Waals surface area contributed by atoms with Crippen molar-refractivity contribution >= 4 is 11.5 Å². The molecule has 3 aromatic carbocycles. The molecule has 0 saturated heterocycles. The molecular weight excluding hydrogens is 516 g/mol. The highest BCUT2D eigenvalue weighted by molar-refractivity contribution is 7.09. The van der Waals surface area contributed by atoms with Crippen molar-refractivity contribution in [3.63, 3.8) is 0 Å². The summed E-state index contributed by atoms with van der Waals surface area (Å²) in [6.07, 6.45) is -0.908. The van der Waals surface area contributed by atoms with Gasteiger partial charge in [-0.2, -0.15) is 4.37 Å². The molecule has 1 unspecified atom stereocenters. The van der Waals surface area contributed by atoms with Crippen LogP contribution in [0.4, 0.5) is 0 Å². The van der Waals surface area contributed by atoms with E-state index >= 15 is 0 Å². The van der Waals surface area contributed by atoms with Crippen LogP contribution in [0.3, 0.4) is 0 Å². The minimum absolute atomic E-state index is 0.0778. The lowest BCUT2D eigenvalue weighted by Gasteiger charge is -2.32. The van der Waals surface area contributed by atoms with Crippen LogP contribution in [0.5, 0.6) is 23.0 Å². The minimum atomic E-state index is -0.917. The number of rotatable bonds is 11. The first-order valence-corrected chi connectivity index (χ1v) is 13.3. The molecule has 4 aromatic rings. The number of aliphatic hydroxyl groups excluding tert-OH is 2. The van der Waals surface area contributed by atoms with Gasteiger partial charge >= 0.3 is 0 Å². The van der Waals surface area contributed by atoms with Crippen molar-refractivity contribution in [3.05, 3.63) is 72.3 Å². The van der Waals surface area contributed by atoms with Crippen molar-refractivity contribution in [1.29, 1.82) is 0 Å². The Morgan fingerprint density at radius 2 is 1.38 bits per heavy atom. The van der Waals surface area contributed by atoms with Gasteiger partial charge in [0.15, 0.2) is 17.3 Å². The second-order valence-corrected chi connectivity index (χ2v) is 11.0. The lowest BCUT2D eigenvalue weighted by atomic mass is 9.94. The van der Waals surface area contributed by atoms with E-state index < -0.39 is 17.3 Å². The number of aromatic nitrogens is 2. The maximum Gasteiger partial charge on any atom is 0.173 e. The fourth-order valence-electron chi connectivity index (χ4n) is 3.93. The molecule has 0 fully saturated rings. The van der Waals surface area contributed by atoms with Gasteiger partial charge in [0, 0.05) is 11.1 Å². The Balaban J connectivity index is 1.44. The van der Waals surface area contributed by atoms with Gasteiger partial charge in [-0.3, -0.25) is 0 Å². The molecule has 0 aliphatic rings. The van der Waals surface area contributed by atoms with Crippen molar-refractivity contribution in [2.75, 3.05) is 20.8 Å². The summed E-state index contributed by atoms with van der Waals surface area (Å²) in [5.74, 6) is 3.05. The Hall–Kier alpha value is -3.66. The largest absolute Gasteiger partial charge is 0.493 e. The van der Waals surface area contributed by atoms with Crippen molar-refractivity contribution in [1.82, 2.24) is 9.36 Å². The normalized spacial score (nSPS) is 12.6. The van der Waals surface area contributed by atoms with Gasteiger partial charge in [0.2, 0.25) is 0 Å². The molecule has 9 heteroatoms. The van der Waals surface area contributed by atoms with Crippen LogP contribution >= 0.6 is 11.5 Å². The molecule has 8 nitrogen and oxygen atoms in total. The van der Waals surface area contributed by atoms with E-state index in [9.17, 15) is 10.2 Å². The second-order valence-electron chi connectivity index (χ2n) is 10.2. The third kappa shape index (κ3) is 6.68. The molecule has 1 aromatic heterocycles. The highest BCUT2D eigenvalue weighted by Crippen LogP contribution is 2.36. The molecule has 1 heterocycles. The van der Waals surface area contributed by atoms with Crippen LogP contribution in [0.1, 0.15) is 39.4 Å². The number of hydrogen-bond acceptors (Lipinski definition) is 9. The first-order chi connectivity index (χ1) is 18.5. The monoisotopic (exact) mass is 550 g/mol. The van der Waals surface area contributed by atoms with Gasteiger partial charge in [-0.05, 0) is 105 Å².